The first-order valence-electron chi connectivity index (χ1n) is 6.47. The number of aryl methyl sites for hydroxylation is 1. The minimum absolute atomic E-state index is 0.0362. The van der Waals surface area contributed by atoms with Crippen molar-refractivity contribution in [2.45, 2.75) is 30.2 Å². The zero-order chi connectivity index (χ0) is 14.9. The molecule has 1 saturated heterocycles. The highest BCUT2D eigenvalue weighted by atomic mass is 32.2. The first-order valence-corrected chi connectivity index (χ1v) is 7.91. The fourth-order valence-corrected chi connectivity index (χ4v) is 4.29. The standard InChI is InChI=1S/C12H19N3O4S/c1-14-7-10(6-11(14)12(13)17)20(18,19)15-5-3-2-4-9(15)8-16/h6-7,9,16H,2-5,8H2,1H3,(H2,13,17). The first-order chi connectivity index (χ1) is 9.37. The number of hydrogen-bond donors (Lipinski definition) is 2. The summed E-state index contributed by atoms with van der Waals surface area (Å²) in [5.41, 5.74) is 5.33. The number of nitrogens with zero attached hydrogens (tertiary/aromatic N) is 2. The summed E-state index contributed by atoms with van der Waals surface area (Å²) < 4.78 is 27.9. The second kappa shape index (κ2) is 5.55. The molecule has 1 fully saturated rings. The van der Waals surface area contributed by atoms with E-state index in [1.54, 1.807) is 7.05 Å². The Kier molecular flexibility index (Phi) is 4.17. The van der Waals surface area contributed by atoms with Crippen LogP contribution >= 0.6 is 0 Å². The molecule has 112 valence electrons. The highest BCUT2D eigenvalue weighted by Crippen LogP contribution is 2.26. The van der Waals surface area contributed by atoms with Gasteiger partial charge in [-0.25, -0.2) is 8.42 Å². The lowest BCUT2D eigenvalue weighted by Crippen LogP contribution is -2.45. The minimum Gasteiger partial charge on any atom is -0.395 e. The van der Waals surface area contributed by atoms with Crippen LogP contribution in [0.4, 0.5) is 0 Å². The van der Waals surface area contributed by atoms with Gasteiger partial charge in [-0.2, -0.15) is 4.31 Å². The zero-order valence-electron chi connectivity index (χ0n) is 11.3. The first kappa shape index (κ1) is 15.0. The molecule has 8 heteroatoms. The average molecular weight is 301 g/mol. The van der Waals surface area contributed by atoms with Crippen LogP contribution in [0.3, 0.4) is 0 Å². The van der Waals surface area contributed by atoms with Crippen molar-refractivity contribution in [1.29, 1.82) is 0 Å². The number of aliphatic hydroxyl groups is 1. The lowest BCUT2D eigenvalue weighted by atomic mass is 10.1. The SMILES string of the molecule is Cn1cc(S(=O)(=O)N2CCCCC2CO)cc1C(N)=O. The maximum Gasteiger partial charge on any atom is 0.265 e. The lowest BCUT2D eigenvalue weighted by Gasteiger charge is -2.33. The van der Waals surface area contributed by atoms with E-state index in [1.807, 2.05) is 0 Å². The normalized spacial score (nSPS) is 21.0. The van der Waals surface area contributed by atoms with Gasteiger partial charge in [0.1, 0.15) is 10.6 Å². The highest BCUT2D eigenvalue weighted by Gasteiger charge is 2.34. The molecule has 0 radical (unpaired) electrons. The Labute approximate surface area is 118 Å². The van der Waals surface area contributed by atoms with Crippen molar-refractivity contribution >= 4 is 15.9 Å². The van der Waals surface area contributed by atoms with E-state index in [0.29, 0.717) is 13.0 Å². The van der Waals surface area contributed by atoms with Crippen LogP contribution in [0.5, 0.6) is 0 Å². The number of aliphatic hydroxyl groups excluding tert-OH is 1. The van der Waals surface area contributed by atoms with Gasteiger partial charge in [-0.3, -0.25) is 4.79 Å². The Balaban J connectivity index is 2.39. The van der Waals surface area contributed by atoms with Crippen LogP contribution in [0.25, 0.3) is 0 Å². The van der Waals surface area contributed by atoms with E-state index in [2.05, 4.69) is 0 Å². The van der Waals surface area contributed by atoms with Crippen molar-refractivity contribution in [3.8, 4) is 0 Å². The van der Waals surface area contributed by atoms with Gasteiger partial charge in [0.05, 0.1) is 6.61 Å². The summed E-state index contributed by atoms with van der Waals surface area (Å²) in [7, 11) is -2.15. The van der Waals surface area contributed by atoms with Gasteiger partial charge in [0, 0.05) is 25.8 Å². The van der Waals surface area contributed by atoms with Crippen molar-refractivity contribution in [2.75, 3.05) is 13.2 Å². The molecule has 2 rings (SSSR count). The molecule has 0 spiro atoms. The number of hydrogen-bond acceptors (Lipinski definition) is 4. The predicted molar refractivity (Wildman–Crippen MR) is 72.5 cm³/mol. The van der Waals surface area contributed by atoms with Gasteiger partial charge in [0.25, 0.3) is 5.91 Å². The summed E-state index contributed by atoms with van der Waals surface area (Å²) in [5, 5.41) is 9.33. The molecular weight excluding hydrogens is 282 g/mol. The molecule has 0 saturated carbocycles. The van der Waals surface area contributed by atoms with Gasteiger partial charge >= 0.3 is 0 Å². The predicted octanol–water partition coefficient (Wildman–Crippen LogP) is -0.340. The molecule has 0 aliphatic carbocycles. The largest absolute Gasteiger partial charge is 0.395 e. The Bertz CT molecular complexity index is 608. The third kappa shape index (κ3) is 2.58. The van der Waals surface area contributed by atoms with Crippen molar-refractivity contribution in [1.82, 2.24) is 8.87 Å². The van der Waals surface area contributed by atoms with Crippen LogP contribution < -0.4 is 5.73 Å². The van der Waals surface area contributed by atoms with Gasteiger partial charge in [-0.05, 0) is 18.9 Å². The van der Waals surface area contributed by atoms with Crippen LogP contribution in [0.2, 0.25) is 0 Å². The van der Waals surface area contributed by atoms with Crippen molar-refractivity contribution in [3.63, 3.8) is 0 Å². The maximum atomic E-state index is 12.6. The van der Waals surface area contributed by atoms with Crippen molar-refractivity contribution < 1.29 is 18.3 Å². The summed E-state index contributed by atoms with van der Waals surface area (Å²) >= 11 is 0. The van der Waals surface area contributed by atoms with Crippen molar-refractivity contribution in [3.05, 3.63) is 18.0 Å². The fraction of sp³-hybridized carbons (Fsp3) is 0.583. The van der Waals surface area contributed by atoms with E-state index in [0.717, 1.165) is 12.8 Å². The molecule has 7 nitrogen and oxygen atoms in total. The molecule has 1 aliphatic heterocycles. The molecule has 0 bridgehead atoms. The zero-order valence-corrected chi connectivity index (χ0v) is 12.1. The van der Waals surface area contributed by atoms with Crippen molar-refractivity contribution in [2.24, 2.45) is 12.8 Å². The number of nitrogens with two attached hydrogens (primary N) is 1. The molecule has 1 amide bonds. The third-order valence-electron chi connectivity index (χ3n) is 3.62. The number of carbonyl (C=O) groups excluding carboxylic acids is 1. The number of piperidine rings is 1. The second-order valence-corrected chi connectivity index (χ2v) is 6.87. The Morgan fingerprint density at radius 2 is 2.20 bits per heavy atom. The van der Waals surface area contributed by atoms with Gasteiger partial charge < -0.3 is 15.4 Å². The van der Waals surface area contributed by atoms with Crippen LogP contribution in [-0.2, 0) is 17.1 Å². The molecule has 0 aromatic carbocycles. The second-order valence-electron chi connectivity index (χ2n) is 4.98. The summed E-state index contributed by atoms with van der Waals surface area (Å²) in [4.78, 5) is 11.2. The van der Waals surface area contributed by atoms with Crippen LogP contribution in [0, 0.1) is 0 Å². The van der Waals surface area contributed by atoms with E-state index in [9.17, 15) is 18.3 Å². The summed E-state index contributed by atoms with van der Waals surface area (Å²) in [6.07, 6.45) is 3.69. The van der Waals surface area contributed by atoms with E-state index >= 15 is 0 Å². The van der Waals surface area contributed by atoms with Gasteiger partial charge in [0.2, 0.25) is 10.0 Å². The number of sulfonamides is 1. The molecular formula is C12H19N3O4S. The molecule has 1 aliphatic rings. The van der Waals surface area contributed by atoms with E-state index in [4.69, 9.17) is 5.73 Å². The molecule has 1 aromatic heterocycles. The van der Waals surface area contributed by atoms with Crippen LogP contribution in [-0.4, -0.2) is 47.5 Å². The topological polar surface area (TPSA) is 106 Å². The minimum atomic E-state index is -3.71. The van der Waals surface area contributed by atoms with Gasteiger partial charge in [-0.1, -0.05) is 6.42 Å². The third-order valence-corrected chi connectivity index (χ3v) is 5.54. The van der Waals surface area contributed by atoms with Gasteiger partial charge in [-0.15, -0.1) is 0 Å². The summed E-state index contributed by atoms with van der Waals surface area (Å²) in [6, 6.07) is 0.881. The number of rotatable bonds is 4. The van der Waals surface area contributed by atoms with E-state index in [-0.39, 0.29) is 17.2 Å². The molecule has 3 N–H and O–H groups in total. The van der Waals surface area contributed by atoms with Gasteiger partial charge in [0.15, 0.2) is 0 Å². The van der Waals surface area contributed by atoms with Crippen LogP contribution in [0.1, 0.15) is 29.8 Å². The Morgan fingerprint density at radius 1 is 1.50 bits per heavy atom. The fourth-order valence-electron chi connectivity index (χ4n) is 2.53. The molecule has 1 aromatic rings. The number of aromatic nitrogens is 1. The number of primary amides is 1. The van der Waals surface area contributed by atoms with E-state index in [1.165, 1.54) is 21.1 Å². The maximum absolute atomic E-state index is 12.6. The summed E-state index contributed by atoms with van der Waals surface area (Å²) in [5.74, 6) is -0.675. The molecule has 2 heterocycles. The smallest absolute Gasteiger partial charge is 0.265 e. The molecule has 20 heavy (non-hydrogen) atoms. The van der Waals surface area contributed by atoms with Crippen LogP contribution in [0.15, 0.2) is 17.2 Å². The number of amides is 1. The monoisotopic (exact) mass is 301 g/mol. The average Bonchev–Trinajstić information content (AvgIpc) is 2.81. The van der Waals surface area contributed by atoms with E-state index < -0.39 is 22.0 Å². The number of carbonyl (C=O) groups is 1. The Hall–Kier alpha value is -1.38. The molecule has 1 atom stereocenters. The lowest BCUT2D eigenvalue weighted by molar-refractivity contribution is 0.0992. The Morgan fingerprint density at radius 3 is 2.75 bits per heavy atom. The summed E-state index contributed by atoms with van der Waals surface area (Å²) in [6.45, 7) is 0.184. The quantitative estimate of drug-likeness (QED) is 0.793. The molecule has 1 unspecified atom stereocenters. The highest BCUT2D eigenvalue weighted by molar-refractivity contribution is 7.89.